The molecule has 1 aliphatic heterocycles. The summed E-state index contributed by atoms with van der Waals surface area (Å²) in [7, 11) is 6.25. The minimum Gasteiger partial charge on any atom is -0.0768 e. The van der Waals surface area contributed by atoms with Crippen molar-refractivity contribution in [2.24, 2.45) is 0 Å². The minimum atomic E-state index is 0.145. The van der Waals surface area contributed by atoms with E-state index in [9.17, 15) is 0 Å². The molecule has 72 valence electrons. The van der Waals surface area contributed by atoms with E-state index in [1.165, 1.54) is 10.3 Å². The second-order valence-corrected chi connectivity index (χ2v) is 57.6. The van der Waals surface area contributed by atoms with Gasteiger partial charge in [0.1, 0.15) is 0 Å². The molecule has 1 rings (SSSR count). The van der Waals surface area contributed by atoms with Crippen LogP contribution in [-0.2, 0) is 0 Å². The molecule has 1 aliphatic rings. The third-order valence-corrected chi connectivity index (χ3v) is 108. The Balaban J connectivity index is 2.45. The van der Waals surface area contributed by atoms with Crippen LogP contribution < -0.4 is 0 Å². The molecule has 0 spiro atoms. The third kappa shape index (κ3) is 3.47. The molecule has 4 unspecified atom stereocenters. The summed E-state index contributed by atoms with van der Waals surface area (Å²) in [6.07, 6.45) is 0. The predicted molar refractivity (Wildman–Crippen MR) is 87.6 cm³/mol. The Labute approximate surface area is 94.4 Å². The third-order valence-electron chi connectivity index (χ3n) is 4.10. The van der Waals surface area contributed by atoms with E-state index in [0.29, 0.717) is 35.2 Å². The molecule has 1 heterocycles. The van der Waals surface area contributed by atoms with E-state index >= 15 is 0 Å². The Morgan fingerprint density at radius 2 is 1.25 bits per heavy atom. The van der Waals surface area contributed by atoms with E-state index in [1.807, 2.05) is 0 Å². The van der Waals surface area contributed by atoms with Crippen LogP contribution in [0.15, 0.2) is 0 Å². The summed E-state index contributed by atoms with van der Waals surface area (Å²) in [5.74, 6) is 0. The maximum Gasteiger partial charge on any atom is 0.00695 e. The Hall–Kier alpha value is 1.74. The summed E-state index contributed by atoms with van der Waals surface area (Å²) in [5.41, 5.74) is 0. The summed E-state index contributed by atoms with van der Waals surface area (Å²) in [6.45, 7) is 5.61. The van der Waals surface area contributed by atoms with Crippen molar-refractivity contribution in [1.29, 1.82) is 0 Å². The molecule has 0 nitrogen and oxygen atoms in total. The Kier molecular flexibility index (Phi) is 5.49. The average molecular weight is 297 g/mol. The van der Waals surface area contributed by atoms with Gasteiger partial charge in [-0.15, -0.1) is 0 Å². The van der Waals surface area contributed by atoms with E-state index in [-0.39, 0.29) is 15.7 Å². The summed E-state index contributed by atoms with van der Waals surface area (Å²) >= 11 is 0. The van der Waals surface area contributed by atoms with Gasteiger partial charge in [0, 0.05) is 54.2 Å². The Morgan fingerprint density at radius 1 is 0.917 bits per heavy atom. The normalized spacial score (nSPS) is 53.5. The van der Waals surface area contributed by atoms with E-state index in [1.54, 1.807) is 20.5 Å². The van der Waals surface area contributed by atoms with E-state index in [0.717, 1.165) is 0 Å². The molecule has 0 aromatic rings. The highest BCUT2D eigenvalue weighted by Crippen LogP contribution is 2.15. The lowest BCUT2D eigenvalue weighted by Gasteiger charge is -2.27. The maximum atomic E-state index is 2.80. The summed E-state index contributed by atoms with van der Waals surface area (Å²) in [5, 5.41) is 3.03. The first-order chi connectivity index (χ1) is 5.61. The quantitative estimate of drug-likeness (QED) is 0.392. The van der Waals surface area contributed by atoms with Crippen molar-refractivity contribution in [3.8, 4) is 0 Å². The average Bonchev–Trinajstić information content (AvgIpc) is 2.07. The molecule has 1 saturated heterocycles. The van der Waals surface area contributed by atoms with Crippen molar-refractivity contribution in [3.05, 3.63) is 0 Å². The molecule has 8 heteroatoms. The fourth-order valence-electron chi connectivity index (χ4n) is 2.19. The van der Waals surface area contributed by atoms with Crippen LogP contribution in [0.3, 0.4) is 0 Å². The molecule has 1 fully saturated rings. The van der Waals surface area contributed by atoms with E-state index in [2.05, 4.69) is 13.1 Å². The zero-order valence-corrected chi connectivity index (χ0v) is 21.1. The monoisotopic (exact) mass is 296 g/mol. The van der Waals surface area contributed by atoms with Crippen molar-refractivity contribution < 1.29 is 0 Å². The highest BCUT2D eigenvalue weighted by Gasteiger charge is 2.24. The van der Waals surface area contributed by atoms with Gasteiger partial charge in [-0.2, -0.15) is 0 Å². The van der Waals surface area contributed by atoms with Gasteiger partial charge in [0.05, 0.1) is 0 Å². The predicted octanol–water partition coefficient (Wildman–Crippen LogP) is -5.49. The summed E-state index contributed by atoms with van der Waals surface area (Å²) in [4.78, 5) is 0. The molecule has 0 bridgehead atoms. The highest BCUT2D eigenvalue weighted by atomic mass is 29.9. The lowest BCUT2D eigenvalue weighted by Crippen LogP contribution is -2.49. The van der Waals surface area contributed by atoms with Crippen molar-refractivity contribution in [2.45, 2.75) is 23.4 Å². The molecular weight excluding hydrogens is 273 g/mol. The zero-order chi connectivity index (χ0) is 9.14. The van der Waals surface area contributed by atoms with Crippen molar-refractivity contribution in [2.75, 3.05) is 0 Å². The van der Waals surface area contributed by atoms with Crippen LogP contribution in [0.25, 0.3) is 0 Å². The number of hydrogen-bond donors (Lipinski definition) is 0. The highest BCUT2D eigenvalue weighted by molar-refractivity contribution is 7.70. The fourth-order valence-corrected chi connectivity index (χ4v) is 156. The molecule has 0 aliphatic carbocycles. The SMILES string of the molecule is C[SiH]1[SiH2][SiH2]C([SiH3])C([SiH3])[SiH2][SiH2][SiH]1C. The van der Waals surface area contributed by atoms with Crippen molar-refractivity contribution in [1.82, 2.24) is 0 Å². The molecule has 0 saturated carbocycles. The van der Waals surface area contributed by atoms with Gasteiger partial charge in [0.2, 0.25) is 0 Å². The van der Waals surface area contributed by atoms with Gasteiger partial charge in [0.25, 0.3) is 0 Å². The molecule has 12 heavy (non-hydrogen) atoms. The Bertz CT molecular complexity index is 107. The van der Waals surface area contributed by atoms with Crippen LogP contribution in [-0.4, -0.2) is 71.3 Å². The van der Waals surface area contributed by atoms with Gasteiger partial charge < -0.3 is 0 Å². The zero-order valence-electron chi connectivity index (χ0n) is 9.14. The molecule has 0 N–H and O–H groups in total. The van der Waals surface area contributed by atoms with Crippen LogP contribution in [0.5, 0.6) is 0 Å². The van der Waals surface area contributed by atoms with Gasteiger partial charge in [-0.1, -0.05) is 23.4 Å². The van der Waals surface area contributed by atoms with Crippen LogP contribution >= 0.6 is 0 Å². The van der Waals surface area contributed by atoms with Crippen LogP contribution in [0, 0.1) is 0 Å². The fraction of sp³-hybridized carbons (Fsp3) is 1.00. The van der Waals surface area contributed by atoms with Gasteiger partial charge in [-0.3, -0.25) is 0 Å². The first-order valence-electron chi connectivity index (χ1n) is 5.61. The molecular formula is C4H24Si8. The van der Waals surface area contributed by atoms with Crippen LogP contribution in [0.2, 0.25) is 23.4 Å². The van der Waals surface area contributed by atoms with Crippen molar-refractivity contribution >= 4 is 71.3 Å². The maximum absolute atomic E-state index is 2.80. The van der Waals surface area contributed by atoms with Gasteiger partial charge >= 0.3 is 0 Å². The van der Waals surface area contributed by atoms with Crippen LogP contribution in [0.1, 0.15) is 0 Å². The summed E-state index contributed by atoms with van der Waals surface area (Å²) < 4.78 is 0. The number of hydrogen-bond acceptors (Lipinski definition) is 0. The minimum absolute atomic E-state index is 0.145. The van der Waals surface area contributed by atoms with Gasteiger partial charge in [0.15, 0.2) is 0 Å². The molecule has 0 radical (unpaired) electrons. The van der Waals surface area contributed by atoms with E-state index < -0.39 is 0 Å². The standard InChI is InChI=1S/C4H24Si8/c1-11-9-7-3(5)4(6)8-10-12(11)2/h3-4,11-12H,7-10H2,1-2,5-6H3. The second kappa shape index (κ2) is 5.58. The Morgan fingerprint density at radius 3 is 1.58 bits per heavy atom. The molecule has 4 atom stereocenters. The molecule has 0 aromatic heterocycles. The second-order valence-electron chi connectivity index (χ2n) is 5.06. The summed E-state index contributed by atoms with van der Waals surface area (Å²) in [6, 6.07) is 0. The topological polar surface area (TPSA) is 0 Å². The lowest BCUT2D eigenvalue weighted by atomic mass is 10.9. The first kappa shape index (κ1) is 11.8. The smallest absolute Gasteiger partial charge is 0.00695 e. The van der Waals surface area contributed by atoms with Gasteiger partial charge in [-0.05, 0) is 17.1 Å². The largest absolute Gasteiger partial charge is 0.0768 e. The van der Waals surface area contributed by atoms with Gasteiger partial charge in [-0.25, -0.2) is 0 Å². The van der Waals surface area contributed by atoms with Crippen LogP contribution in [0.4, 0.5) is 0 Å². The lowest BCUT2D eigenvalue weighted by molar-refractivity contribution is 1.24. The molecule has 0 amide bonds. The first-order valence-corrected chi connectivity index (χ1v) is 29.1. The van der Waals surface area contributed by atoms with Crippen molar-refractivity contribution in [3.63, 3.8) is 0 Å². The van der Waals surface area contributed by atoms with E-state index in [4.69, 9.17) is 0 Å². The molecule has 0 aromatic carbocycles. The number of rotatable bonds is 0.